The standard InChI is InChI=1S/C10H15F3N2O5S/c1-15(19-2)9-14-3-4(16)5(17)6(20-8(3)21-9)7(18)10(11,12)13/h3-8,16-18H,1-2H3/t3?,4?,5?,6?,7-,8?/m1/s1. The Kier molecular flexibility index (Phi) is 4.71. The van der Waals surface area contributed by atoms with Crippen LogP contribution in [0.5, 0.6) is 0 Å². The molecule has 21 heavy (non-hydrogen) atoms. The van der Waals surface area contributed by atoms with Crippen LogP contribution in [0.25, 0.3) is 0 Å². The molecular weight excluding hydrogens is 317 g/mol. The number of hydrogen-bond acceptors (Lipinski definition) is 8. The number of aliphatic hydroxyl groups excluding tert-OH is 3. The summed E-state index contributed by atoms with van der Waals surface area (Å²) in [5, 5.41) is 30.4. The fraction of sp³-hybridized carbons (Fsp3) is 0.900. The summed E-state index contributed by atoms with van der Waals surface area (Å²) in [6.07, 6.45) is -13.3. The SMILES string of the molecule is CON(C)C1=NC2C(OC([C@@H](O)C(F)(F)F)C(O)C2O)S1. The minimum absolute atomic E-state index is 0.292. The number of aliphatic imine (C=N–C) groups is 1. The first-order valence-corrected chi connectivity index (χ1v) is 6.83. The van der Waals surface area contributed by atoms with Crippen molar-refractivity contribution in [3.63, 3.8) is 0 Å². The molecule has 2 rings (SSSR count). The zero-order chi connectivity index (χ0) is 15.9. The molecule has 0 amide bonds. The number of nitrogens with zero attached hydrogens (tertiary/aromatic N) is 2. The Hall–Kier alpha value is -0.590. The van der Waals surface area contributed by atoms with E-state index in [2.05, 4.69) is 4.99 Å². The molecule has 1 saturated heterocycles. The van der Waals surface area contributed by atoms with Crippen LogP contribution in [0.4, 0.5) is 13.2 Å². The van der Waals surface area contributed by atoms with Gasteiger partial charge in [-0.15, -0.1) is 0 Å². The number of amidine groups is 1. The zero-order valence-electron chi connectivity index (χ0n) is 11.1. The summed E-state index contributed by atoms with van der Waals surface area (Å²) in [6, 6.07) is -0.936. The first kappa shape index (κ1) is 16.8. The van der Waals surface area contributed by atoms with Crippen molar-refractivity contribution in [3.8, 4) is 0 Å². The molecule has 0 spiro atoms. The lowest BCUT2D eigenvalue weighted by molar-refractivity contribution is -0.271. The number of alkyl halides is 3. The predicted molar refractivity (Wildman–Crippen MR) is 66.3 cm³/mol. The second kappa shape index (κ2) is 5.89. The molecule has 0 aromatic rings. The third kappa shape index (κ3) is 3.12. The Bertz CT molecular complexity index is 424. The van der Waals surface area contributed by atoms with Gasteiger partial charge in [-0.25, -0.2) is 5.06 Å². The molecule has 0 aromatic carbocycles. The molecule has 2 heterocycles. The monoisotopic (exact) mass is 332 g/mol. The number of rotatable bonds is 2. The summed E-state index contributed by atoms with van der Waals surface area (Å²) >= 11 is 0.944. The molecule has 0 bridgehead atoms. The van der Waals surface area contributed by atoms with E-state index in [1.165, 1.54) is 19.2 Å². The molecule has 2 aliphatic heterocycles. The summed E-state index contributed by atoms with van der Waals surface area (Å²) in [6.45, 7) is 0. The van der Waals surface area contributed by atoms with Crippen LogP contribution in [0, 0.1) is 0 Å². The molecule has 3 N–H and O–H groups in total. The molecule has 6 atom stereocenters. The number of ether oxygens (including phenoxy) is 1. The Morgan fingerprint density at radius 2 is 2.00 bits per heavy atom. The molecule has 0 aliphatic carbocycles. The average Bonchev–Trinajstić information content (AvgIpc) is 2.84. The lowest BCUT2D eigenvalue weighted by atomic mass is 9.94. The highest BCUT2D eigenvalue weighted by atomic mass is 32.2. The van der Waals surface area contributed by atoms with E-state index in [-0.39, 0.29) is 0 Å². The molecule has 2 aliphatic rings. The molecule has 0 saturated carbocycles. The van der Waals surface area contributed by atoms with Gasteiger partial charge < -0.3 is 20.1 Å². The number of hydroxylamine groups is 2. The van der Waals surface area contributed by atoms with E-state index in [0.29, 0.717) is 5.17 Å². The highest BCUT2D eigenvalue weighted by Gasteiger charge is 2.56. The van der Waals surface area contributed by atoms with Crippen molar-refractivity contribution < 1.29 is 38.1 Å². The van der Waals surface area contributed by atoms with Gasteiger partial charge in [-0.1, -0.05) is 11.8 Å². The molecule has 0 radical (unpaired) electrons. The minimum atomic E-state index is -4.96. The van der Waals surface area contributed by atoms with Crippen LogP contribution in [0.2, 0.25) is 0 Å². The van der Waals surface area contributed by atoms with Gasteiger partial charge in [0.2, 0.25) is 0 Å². The van der Waals surface area contributed by atoms with Crippen molar-refractivity contribution >= 4 is 16.9 Å². The van der Waals surface area contributed by atoms with Crippen LogP contribution in [-0.4, -0.2) is 81.8 Å². The summed E-state index contributed by atoms with van der Waals surface area (Å²) < 4.78 is 42.7. The van der Waals surface area contributed by atoms with Crippen LogP contribution in [0.15, 0.2) is 4.99 Å². The van der Waals surface area contributed by atoms with Gasteiger partial charge in [0.25, 0.3) is 0 Å². The fourth-order valence-electron chi connectivity index (χ4n) is 2.05. The van der Waals surface area contributed by atoms with E-state index in [1.807, 2.05) is 0 Å². The van der Waals surface area contributed by atoms with Crippen molar-refractivity contribution in [2.24, 2.45) is 4.99 Å². The molecule has 11 heteroatoms. The number of halogens is 3. The maximum absolute atomic E-state index is 12.6. The van der Waals surface area contributed by atoms with Gasteiger partial charge in [0.1, 0.15) is 29.8 Å². The average molecular weight is 332 g/mol. The molecule has 0 aromatic heterocycles. The molecular formula is C10H15F3N2O5S. The van der Waals surface area contributed by atoms with E-state index in [0.717, 1.165) is 11.8 Å². The lowest BCUT2D eigenvalue weighted by Gasteiger charge is -2.40. The number of fused-ring (bicyclic) bond motifs is 1. The van der Waals surface area contributed by atoms with E-state index < -0.39 is 42.1 Å². The minimum Gasteiger partial charge on any atom is -0.388 e. The van der Waals surface area contributed by atoms with Crippen LogP contribution in [0.3, 0.4) is 0 Å². The van der Waals surface area contributed by atoms with Crippen molar-refractivity contribution in [1.82, 2.24) is 5.06 Å². The van der Waals surface area contributed by atoms with Gasteiger partial charge in [-0.3, -0.25) is 9.83 Å². The van der Waals surface area contributed by atoms with E-state index in [9.17, 15) is 28.5 Å². The summed E-state index contributed by atoms with van der Waals surface area (Å²) in [4.78, 5) is 8.93. The molecule has 7 nitrogen and oxygen atoms in total. The van der Waals surface area contributed by atoms with Crippen molar-refractivity contribution in [2.45, 2.75) is 42.1 Å². The molecule has 122 valence electrons. The fourth-order valence-corrected chi connectivity index (χ4v) is 3.21. The Morgan fingerprint density at radius 1 is 1.38 bits per heavy atom. The normalized spacial score (nSPS) is 37.9. The first-order valence-electron chi connectivity index (χ1n) is 5.95. The van der Waals surface area contributed by atoms with Gasteiger partial charge in [0.15, 0.2) is 11.3 Å². The molecule has 5 unspecified atom stereocenters. The number of hydrogen-bond donors (Lipinski definition) is 3. The van der Waals surface area contributed by atoms with Crippen molar-refractivity contribution in [3.05, 3.63) is 0 Å². The van der Waals surface area contributed by atoms with E-state index >= 15 is 0 Å². The summed E-state index contributed by atoms with van der Waals surface area (Å²) in [5.41, 5.74) is -0.946. The van der Waals surface area contributed by atoms with Gasteiger partial charge in [0.05, 0.1) is 7.11 Å². The van der Waals surface area contributed by atoms with Gasteiger partial charge in [0, 0.05) is 7.05 Å². The Balaban J connectivity index is 2.16. The third-order valence-electron chi connectivity index (χ3n) is 3.28. The van der Waals surface area contributed by atoms with Crippen molar-refractivity contribution in [1.29, 1.82) is 0 Å². The topological polar surface area (TPSA) is 94.8 Å². The molecule has 1 fully saturated rings. The second-order valence-corrected chi connectivity index (χ2v) is 5.70. The largest absolute Gasteiger partial charge is 0.417 e. The predicted octanol–water partition coefficient (Wildman–Crippen LogP) is -0.679. The smallest absolute Gasteiger partial charge is 0.388 e. The van der Waals surface area contributed by atoms with Crippen LogP contribution in [0.1, 0.15) is 0 Å². The third-order valence-corrected chi connectivity index (χ3v) is 4.47. The Labute approximate surface area is 122 Å². The van der Waals surface area contributed by atoms with E-state index in [4.69, 9.17) is 9.57 Å². The number of thioether (sulfide) groups is 1. The van der Waals surface area contributed by atoms with Gasteiger partial charge >= 0.3 is 6.18 Å². The summed E-state index contributed by atoms with van der Waals surface area (Å²) in [5.74, 6) is 0. The second-order valence-electron chi connectivity index (χ2n) is 4.64. The maximum atomic E-state index is 12.6. The van der Waals surface area contributed by atoms with Gasteiger partial charge in [-0.05, 0) is 0 Å². The highest BCUT2D eigenvalue weighted by molar-refractivity contribution is 8.14. The van der Waals surface area contributed by atoms with Crippen LogP contribution < -0.4 is 0 Å². The highest BCUT2D eigenvalue weighted by Crippen LogP contribution is 2.39. The Morgan fingerprint density at radius 3 is 2.52 bits per heavy atom. The maximum Gasteiger partial charge on any atom is 0.417 e. The quantitative estimate of drug-likeness (QED) is 0.577. The first-order chi connectivity index (χ1) is 9.66. The number of aliphatic hydroxyl groups is 3. The zero-order valence-corrected chi connectivity index (χ0v) is 11.9. The van der Waals surface area contributed by atoms with Crippen molar-refractivity contribution in [2.75, 3.05) is 14.2 Å². The van der Waals surface area contributed by atoms with E-state index in [1.54, 1.807) is 0 Å². The van der Waals surface area contributed by atoms with Crippen LogP contribution >= 0.6 is 11.8 Å². The summed E-state index contributed by atoms with van der Waals surface area (Å²) in [7, 11) is 2.89. The lowest BCUT2D eigenvalue weighted by Crippen LogP contribution is -2.60. The van der Waals surface area contributed by atoms with Gasteiger partial charge in [-0.2, -0.15) is 13.2 Å². The van der Waals surface area contributed by atoms with Crippen LogP contribution in [-0.2, 0) is 9.57 Å².